The summed E-state index contributed by atoms with van der Waals surface area (Å²) in [4.78, 5) is 9.10. The Kier molecular flexibility index (Phi) is 4.93. The minimum absolute atomic E-state index is 0.136. The molecule has 2 aliphatic rings. The molecule has 1 fully saturated rings. The highest BCUT2D eigenvalue weighted by Gasteiger charge is 2.33. The zero-order valence-corrected chi connectivity index (χ0v) is 16.8. The van der Waals surface area contributed by atoms with E-state index in [1.165, 1.54) is 4.70 Å². The average Bonchev–Trinajstić information content (AvgIpc) is 3.09. The maximum atomic E-state index is 6.46. The number of halogens is 1. The first kappa shape index (κ1) is 17.9. The summed E-state index contributed by atoms with van der Waals surface area (Å²) in [6, 6.07) is 10.4. The minimum atomic E-state index is 0.136. The molecule has 5 nitrogen and oxygen atoms in total. The molecule has 3 aromatic rings. The first-order valence-electron chi connectivity index (χ1n) is 9.46. The van der Waals surface area contributed by atoms with Gasteiger partial charge in [-0.15, -0.1) is 0 Å². The molecule has 0 bridgehead atoms. The number of benzene rings is 1. The summed E-state index contributed by atoms with van der Waals surface area (Å²) in [7, 11) is 0. The Morgan fingerprint density at radius 2 is 2.11 bits per heavy atom. The summed E-state index contributed by atoms with van der Waals surface area (Å²) in [6.07, 6.45) is 6.58. The highest BCUT2D eigenvalue weighted by Crippen LogP contribution is 2.37. The summed E-state index contributed by atoms with van der Waals surface area (Å²) < 4.78 is 12.8. The predicted octanol–water partition coefficient (Wildman–Crippen LogP) is 5.17. The van der Waals surface area contributed by atoms with Crippen molar-refractivity contribution in [2.24, 2.45) is 0 Å². The third kappa shape index (κ3) is 3.60. The Balaban J connectivity index is 1.24. The zero-order valence-electron chi connectivity index (χ0n) is 15.2. The van der Waals surface area contributed by atoms with Crippen LogP contribution < -0.4 is 10.1 Å². The molecule has 0 radical (unpaired) electrons. The minimum Gasteiger partial charge on any atom is -0.474 e. The van der Waals surface area contributed by atoms with Gasteiger partial charge in [0.25, 0.3) is 0 Å². The van der Waals surface area contributed by atoms with Gasteiger partial charge in [-0.3, -0.25) is 0 Å². The van der Waals surface area contributed by atoms with Gasteiger partial charge in [-0.1, -0.05) is 41.1 Å². The van der Waals surface area contributed by atoms with Gasteiger partial charge in [0.2, 0.25) is 5.88 Å². The van der Waals surface area contributed by atoms with E-state index in [-0.39, 0.29) is 6.10 Å². The molecule has 7 heteroatoms. The van der Waals surface area contributed by atoms with E-state index in [0.717, 1.165) is 41.0 Å². The molecule has 1 aliphatic carbocycles. The number of hydrogen-bond donors (Lipinski definition) is 1. The van der Waals surface area contributed by atoms with Crippen LogP contribution in [0.4, 0.5) is 5.13 Å². The van der Waals surface area contributed by atoms with Gasteiger partial charge >= 0.3 is 0 Å². The van der Waals surface area contributed by atoms with Crippen molar-refractivity contribution in [2.45, 2.75) is 31.4 Å². The van der Waals surface area contributed by atoms with E-state index in [1.54, 1.807) is 17.5 Å². The molecule has 0 saturated heterocycles. The standard InChI is InChI=1S/C21H20ClN3O2S/c22-16-5-8-23-20(19(16)13-6-9-26-10-7-13)27-15-11-14(12-15)24-21-25-17-3-1-2-4-18(17)28-21/h1-6,8,14-15H,7,9-12H2,(H,24,25)/t14-,15-. The average molecular weight is 414 g/mol. The number of ether oxygens (including phenoxy) is 2. The van der Waals surface area contributed by atoms with E-state index in [9.17, 15) is 0 Å². The molecule has 5 rings (SSSR count). The number of pyridine rings is 1. The number of rotatable bonds is 5. The fourth-order valence-corrected chi connectivity index (χ4v) is 4.80. The number of thiazole rings is 1. The lowest BCUT2D eigenvalue weighted by Crippen LogP contribution is -2.42. The molecule has 1 N–H and O–H groups in total. The van der Waals surface area contributed by atoms with E-state index in [4.69, 9.17) is 21.1 Å². The van der Waals surface area contributed by atoms with Crippen LogP contribution in [0.1, 0.15) is 24.8 Å². The smallest absolute Gasteiger partial charge is 0.222 e. The molecule has 0 amide bonds. The third-order valence-electron chi connectivity index (χ3n) is 5.14. The van der Waals surface area contributed by atoms with Crippen molar-refractivity contribution in [3.63, 3.8) is 0 Å². The van der Waals surface area contributed by atoms with Crippen LogP contribution in [0.5, 0.6) is 5.88 Å². The van der Waals surface area contributed by atoms with Crippen molar-refractivity contribution in [3.8, 4) is 5.88 Å². The molecule has 2 aromatic heterocycles. The number of nitrogens with one attached hydrogen (secondary N) is 1. The highest BCUT2D eigenvalue weighted by atomic mass is 35.5. The van der Waals surface area contributed by atoms with Crippen molar-refractivity contribution >= 4 is 43.9 Å². The second kappa shape index (κ2) is 7.70. The number of anilines is 1. The Morgan fingerprint density at radius 1 is 1.21 bits per heavy atom. The van der Waals surface area contributed by atoms with Crippen LogP contribution in [0.15, 0.2) is 42.6 Å². The summed E-state index contributed by atoms with van der Waals surface area (Å²) in [5, 5.41) is 5.18. The summed E-state index contributed by atoms with van der Waals surface area (Å²) in [6.45, 7) is 1.31. The van der Waals surface area contributed by atoms with E-state index in [0.29, 0.717) is 30.2 Å². The van der Waals surface area contributed by atoms with Gasteiger partial charge in [-0.2, -0.15) is 0 Å². The van der Waals surface area contributed by atoms with Crippen LogP contribution in [-0.2, 0) is 4.74 Å². The van der Waals surface area contributed by atoms with E-state index in [1.807, 2.05) is 24.3 Å². The van der Waals surface area contributed by atoms with Gasteiger partial charge < -0.3 is 14.8 Å². The van der Waals surface area contributed by atoms with E-state index < -0.39 is 0 Å². The van der Waals surface area contributed by atoms with Gasteiger partial charge in [0.15, 0.2) is 5.13 Å². The lowest BCUT2D eigenvalue weighted by Gasteiger charge is -2.35. The maximum Gasteiger partial charge on any atom is 0.222 e. The van der Waals surface area contributed by atoms with Crippen molar-refractivity contribution in [2.75, 3.05) is 18.5 Å². The van der Waals surface area contributed by atoms with Crippen LogP contribution in [0, 0.1) is 0 Å². The van der Waals surface area contributed by atoms with Crippen molar-refractivity contribution in [3.05, 3.63) is 53.2 Å². The SMILES string of the molecule is Clc1ccnc(O[C@H]2C[C@H](Nc3nc4ccccc4s3)C2)c1C1=CCOCC1. The second-order valence-corrected chi connectivity index (χ2v) is 8.50. The highest BCUT2D eigenvalue weighted by molar-refractivity contribution is 7.22. The van der Waals surface area contributed by atoms with Crippen LogP contribution in [-0.4, -0.2) is 35.3 Å². The van der Waals surface area contributed by atoms with Crippen molar-refractivity contribution in [1.82, 2.24) is 9.97 Å². The monoisotopic (exact) mass is 413 g/mol. The molecule has 0 unspecified atom stereocenters. The molecule has 28 heavy (non-hydrogen) atoms. The molecule has 0 atom stereocenters. The largest absolute Gasteiger partial charge is 0.474 e. The molecule has 1 aromatic carbocycles. The van der Waals surface area contributed by atoms with Gasteiger partial charge in [0.1, 0.15) is 6.10 Å². The van der Waals surface area contributed by atoms with Gasteiger partial charge in [-0.25, -0.2) is 9.97 Å². The third-order valence-corrected chi connectivity index (χ3v) is 6.43. The summed E-state index contributed by atoms with van der Waals surface area (Å²) in [5.74, 6) is 0.629. The van der Waals surface area contributed by atoms with Crippen molar-refractivity contribution in [1.29, 1.82) is 0 Å². The normalized spacial score (nSPS) is 21.8. The Labute approximate surface area is 172 Å². The first-order chi connectivity index (χ1) is 13.8. The number of fused-ring (bicyclic) bond motifs is 1. The quantitative estimate of drug-likeness (QED) is 0.625. The molecule has 144 valence electrons. The molecule has 1 aliphatic heterocycles. The second-order valence-electron chi connectivity index (χ2n) is 7.07. The van der Waals surface area contributed by atoms with Crippen LogP contribution in [0.2, 0.25) is 5.02 Å². The number of aromatic nitrogens is 2. The summed E-state index contributed by atoms with van der Waals surface area (Å²) in [5.41, 5.74) is 3.11. The van der Waals surface area contributed by atoms with Gasteiger partial charge in [0, 0.05) is 25.1 Å². The first-order valence-corrected chi connectivity index (χ1v) is 10.7. The molecular weight excluding hydrogens is 394 g/mol. The van der Waals surface area contributed by atoms with E-state index in [2.05, 4.69) is 27.4 Å². The maximum absolute atomic E-state index is 6.46. The number of hydrogen-bond acceptors (Lipinski definition) is 6. The predicted molar refractivity (Wildman–Crippen MR) is 113 cm³/mol. The lowest BCUT2D eigenvalue weighted by atomic mass is 9.89. The Bertz CT molecular complexity index is 996. The fourth-order valence-electron chi connectivity index (χ4n) is 3.60. The van der Waals surface area contributed by atoms with Gasteiger partial charge in [-0.05, 0) is 30.2 Å². The molecule has 0 spiro atoms. The lowest BCUT2D eigenvalue weighted by molar-refractivity contribution is 0.102. The molecule has 1 saturated carbocycles. The number of nitrogens with zero attached hydrogens (tertiary/aromatic N) is 2. The molecule has 3 heterocycles. The van der Waals surface area contributed by atoms with Gasteiger partial charge in [0.05, 0.1) is 34.0 Å². The Hall–Kier alpha value is -2.15. The zero-order chi connectivity index (χ0) is 18.9. The fraction of sp³-hybridized carbons (Fsp3) is 0.333. The molecular formula is C21H20ClN3O2S. The number of para-hydroxylation sites is 1. The topological polar surface area (TPSA) is 56.3 Å². The Morgan fingerprint density at radius 3 is 2.93 bits per heavy atom. The van der Waals surface area contributed by atoms with Crippen LogP contribution >= 0.6 is 22.9 Å². The van der Waals surface area contributed by atoms with Crippen molar-refractivity contribution < 1.29 is 9.47 Å². The van der Waals surface area contributed by atoms with Crippen LogP contribution in [0.25, 0.3) is 15.8 Å². The summed E-state index contributed by atoms with van der Waals surface area (Å²) >= 11 is 8.15. The van der Waals surface area contributed by atoms with E-state index >= 15 is 0 Å². The van der Waals surface area contributed by atoms with Crippen LogP contribution in [0.3, 0.4) is 0 Å².